The van der Waals surface area contributed by atoms with Gasteiger partial charge in [-0.3, -0.25) is 0 Å². The molecule has 264 valence electrons. The number of fused-ring (bicyclic) bond motifs is 3. The summed E-state index contributed by atoms with van der Waals surface area (Å²) in [7, 11) is 0. The van der Waals surface area contributed by atoms with Crippen molar-refractivity contribution in [3.63, 3.8) is 0 Å². The molecule has 0 amide bonds. The van der Waals surface area contributed by atoms with E-state index in [0.29, 0.717) is 0 Å². The molecule has 1 heterocycles. The lowest BCUT2D eigenvalue weighted by Crippen LogP contribution is -2.13. The van der Waals surface area contributed by atoms with E-state index in [9.17, 15) is 0 Å². The summed E-state index contributed by atoms with van der Waals surface area (Å²) in [5.41, 5.74) is 15.2. The molecule has 0 aliphatic heterocycles. The highest BCUT2D eigenvalue weighted by Gasteiger charge is 2.24. The number of nitrogens with zero attached hydrogens (tertiary/aromatic N) is 1. The number of rotatable bonds is 8. The summed E-state index contributed by atoms with van der Waals surface area (Å²) in [6.07, 6.45) is 0. The van der Waals surface area contributed by atoms with Crippen molar-refractivity contribution in [1.29, 1.82) is 0 Å². The average Bonchev–Trinajstić information content (AvgIpc) is 3.66. The minimum Gasteiger partial charge on any atom is -0.309 e. The van der Waals surface area contributed by atoms with E-state index in [0.717, 1.165) is 17.1 Å². The quantitative estimate of drug-likeness (QED) is 0.150. The van der Waals surface area contributed by atoms with E-state index in [-0.39, 0.29) is 0 Å². The summed E-state index contributed by atoms with van der Waals surface area (Å²) in [5, 5.41) is 2.56. The first-order valence-corrected chi connectivity index (χ1v) is 19.9. The monoisotopic (exact) mass is 731 g/mol. The zero-order chi connectivity index (χ0) is 37.3. The minimum absolute atomic E-state index is 1.09. The Morgan fingerprint density at radius 1 is 0.268 bits per heavy atom. The molecule has 0 aliphatic carbocycles. The van der Waals surface area contributed by atoms with Crippen molar-refractivity contribution in [2.24, 2.45) is 0 Å². The molecule has 1 nitrogen and oxygen atoms in total. The Bertz CT molecular complexity index is 2870. The Balaban J connectivity index is 1.23. The molecule has 10 aromatic rings. The zero-order valence-electron chi connectivity index (χ0n) is 30.7. The number of benzene rings is 9. The SMILES string of the molecule is c1ccc(-c2cccc(-c3ccc(N(c4ccc5sc6ccccc6c5c4)c4c(-c5ccccc5)cc(-c5ccccc5)cc4-c4ccccc4)cc3)c2)cc1. The van der Waals surface area contributed by atoms with Crippen LogP contribution in [-0.4, -0.2) is 0 Å². The van der Waals surface area contributed by atoms with E-state index in [1.54, 1.807) is 0 Å². The van der Waals surface area contributed by atoms with Crippen LogP contribution in [0.3, 0.4) is 0 Å². The van der Waals surface area contributed by atoms with E-state index in [2.05, 4.69) is 229 Å². The summed E-state index contributed by atoms with van der Waals surface area (Å²) < 4.78 is 2.59. The Labute approximate surface area is 332 Å². The van der Waals surface area contributed by atoms with Gasteiger partial charge in [-0.05, 0) is 99.1 Å². The number of anilines is 3. The van der Waals surface area contributed by atoms with Crippen LogP contribution in [0.5, 0.6) is 0 Å². The lowest BCUT2D eigenvalue weighted by molar-refractivity contribution is 1.29. The summed E-state index contributed by atoms with van der Waals surface area (Å²) in [6.45, 7) is 0. The molecule has 0 atom stereocenters. The second-order valence-electron chi connectivity index (χ2n) is 14.1. The molecule has 0 saturated heterocycles. The normalized spacial score (nSPS) is 11.2. The van der Waals surface area contributed by atoms with E-state index in [1.807, 2.05) is 11.3 Å². The second-order valence-corrected chi connectivity index (χ2v) is 15.2. The molecule has 2 heteroatoms. The van der Waals surface area contributed by atoms with E-state index >= 15 is 0 Å². The van der Waals surface area contributed by atoms with Crippen LogP contribution in [0.4, 0.5) is 17.1 Å². The maximum atomic E-state index is 2.48. The van der Waals surface area contributed by atoms with Gasteiger partial charge < -0.3 is 4.90 Å². The Morgan fingerprint density at radius 3 is 1.30 bits per heavy atom. The molecule has 9 aromatic carbocycles. The third kappa shape index (κ3) is 6.36. The molecule has 10 rings (SSSR count). The number of hydrogen-bond acceptors (Lipinski definition) is 2. The van der Waals surface area contributed by atoms with Gasteiger partial charge in [-0.1, -0.05) is 170 Å². The lowest BCUT2D eigenvalue weighted by atomic mass is 9.89. The highest BCUT2D eigenvalue weighted by Crippen LogP contribution is 2.50. The van der Waals surface area contributed by atoms with Gasteiger partial charge in [-0.25, -0.2) is 0 Å². The first-order chi connectivity index (χ1) is 27.8. The van der Waals surface area contributed by atoms with Crippen molar-refractivity contribution in [3.05, 3.63) is 224 Å². The fourth-order valence-corrected chi connectivity index (χ4v) is 9.01. The maximum Gasteiger partial charge on any atom is 0.0618 e. The van der Waals surface area contributed by atoms with Crippen molar-refractivity contribution < 1.29 is 0 Å². The Morgan fingerprint density at radius 2 is 0.714 bits per heavy atom. The third-order valence-electron chi connectivity index (χ3n) is 10.7. The molecule has 0 saturated carbocycles. The largest absolute Gasteiger partial charge is 0.309 e. The molecule has 0 bridgehead atoms. The highest BCUT2D eigenvalue weighted by molar-refractivity contribution is 7.25. The number of hydrogen-bond donors (Lipinski definition) is 0. The van der Waals surface area contributed by atoms with Gasteiger partial charge in [0.2, 0.25) is 0 Å². The van der Waals surface area contributed by atoms with Crippen molar-refractivity contribution in [2.75, 3.05) is 4.90 Å². The van der Waals surface area contributed by atoms with Gasteiger partial charge in [0.15, 0.2) is 0 Å². The van der Waals surface area contributed by atoms with Gasteiger partial charge in [0.05, 0.1) is 5.69 Å². The van der Waals surface area contributed by atoms with Crippen LogP contribution in [0.15, 0.2) is 224 Å². The molecule has 0 aliphatic rings. The standard InChI is InChI=1S/C54H37NS/c1-5-16-38(17-6-1)43-24-15-25-44(34-43)40-28-30-46(31-29-40)55(47-32-33-53-51(37-47)48-26-13-14-27-52(48)56-53)54-49(41-20-9-3-10-21-41)35-45(39-18-7-2-8-19-39)36-50(54)42-22-11-4-12-23-42/h1-37H. The Hall–Kier alpha value is -7.00. The van der Waals surface area contributed by atoms with Crippen LogP contribution in [0.25, 0.3) is 75.8 Å². The first-order valence-electron chi connectivity index (χ1n) is 19.1. The average molecular weight is 732 g/mol. The lowest BCUT2D eigenvalue weighted by Gasteiger charge is -2.31. The predicted octanol–water partition coefficient (Wildman–Crippen LogP) is 15.9. The first kappa shape index (κ1) is 33.6. The zero-order valence-corrected chi connectivity index (χ0v) is 31.5. The molecular weight excluding hydrogens is 695 g/mol. The summed E-state index contributed by atoms with van der Waals surface area (Å²) in [6, 6.07) is 81.5. The topological polar surface area (TPSA) is 3.24 Å². The molecule has 0 N–H and O–H groups in total. The van der Waals surface area contributed by atoms with Gasteiger partial charge in [0.1, 0.15) is 0 Å². The molecule has 0 unspecified atom stereocenters. The van der Waals surface area contributed by atoms with Crippen molar-refractivity contribution in [1.82, 2.24) is 0 Å². The maximum absolute atomic E-state index is 2.48. The van der Waals surface area contributed by atoms with Crippen molar-refractivity contribution in [3.8, 4) is 55.6 Å². The molecule has 0 radical (unpaired) electrons. The number of thiophene rings is 1. The van der Waals surface area contributed by atoms with E-state index in [1.165, 1.54) is 75.8 Å². The molecule has 0 spiro atoms. The van der Waals surface area contributed by atoms with Gasteiger partial charge in [0, 0.05) is 42.7 Å². The molecule has 56 heavy (non-hydrogen) atoms. The Kier molecular flexibility index (Phi) is 8.79. The fourth-order valence-electron chi connectivity index (χ4n) is 7.92. The van der Waals surface area contributed by atoms with Gasteiger partial charge in [-0.15, -0.1) is 11.3 Å². The van der Waals surface area contributed by atoms with Gasteiger partial charge in [0.25, 0.3) is 0 Å². The van der Waals surface area contributed by atoms with Crippen molar-refractivity contribution in [2.45, 2.75) is 0 Å². The molecular formula is C54H37NS. The van der Waals surface area contributed by atoms with Crippen LogP contribution >= 0.6 is 11.3 Å². The van der Waals surface area contributed by atoms with Gasteiger partial charge in [-0.2, -0.15) is 0 Å². The van der Waals surface area contributed by atoms with Crippen molar-refractivity contribution >= 4 is 48.6 Å². The van der Waals surface area contributed by atoms with Gasteiger partial charge >= 0.3 is 0 Å². The fraction of sp³-hybridized carbons (Fsp3) is 0. The van der Waals surface area contributed by atoms with Crippen LogP contribution in [0, 0.1) is 0 Å². The summed E-state index contributed by atoms with van der Waals surface area (Å²) in [4.78, 5) is 2.48. The predicted molar refractivity (Wildman–Crippen MR) is 241 cm³/mol. The molecule has 0 fully saturated rings. The van der Waals surface area contributed by atoms with E-state index in [4.69, 9.17) is 0 Å². The summed E-state index contributed by atoms with van der Waals surface area (Å²) >= 11 is 1.85. The van der Waals surface area contributed by atoms with Crippen LogP contribution in [-0.2, 0) is 0 Å². The van der Waals surface area contributed by atoms with Crippen LogP contribution in [0.1, 0.15) is 0 Å². The molecule has 1 aromatic heterocycles. The van der Waals surface area contributed by atoms with Crippen LogP contribution < -0.4 is 4.90 Å². The highest BCUT2D eigenvalue weighted by atomic mass is 32.1. The smallest absolute Gasteiger partial charge is 0.0618 e. The summed E-state index contributed by atoms with van der Waals surface area (Å²) in [5.74, 6) is 0. The van der Waals surface area contributed by atoms with E-state index < -0.39 is 0 Å². The third-order valence-corrected chi connectivity index (χ3v) is 11.8. The minimum atomic E-state index is 1.09. The second kappa shape index (κ2) is 14.7. The van der Waals surface area contributed by atoms with Crippen LogP contribution in [0.2, 0.25) is 0 Å².